The molecular formula is C22H30N4O. The molecular weight excluding hydrogens is 336 g/mol. The van der Waals surface area contributed by atoms with Crippen molar-refractivity contribution in [2.45, 2.75) is 80.7 Å². The Morgan fingerprint density at radius 1 is 1.11 bits per heavy atom. The maximum atomic E-state index is 6.03. The van der Waals surface area contributed by atoms with Crippen LogP contribution in [0.25, 0.3) is 0 Å². The van der Waals surface area contributed by atoms with Crippen LogP contribution in [0.4, 0.5) is 0 Å². The first-order valence-electron chi connectivity index (χ1n) is 10.6. The number of nitrogens with zero attached hydrogens (tertiary/aromatic N) is 2. The van der Waals surface area contributed by atoms with Gasteiger partial charge in [-0.1, -0.05) is 41.9 Å². The number of hydrogen-bond donors (Lipinski definition) is 2. The first-order chi connectivity index (χ1) is 13.2. The topological polar surface area (TPSA) is 77.0 Å². The van der Waals surface area contributed by atoms with Gasteiger partial charge in [0.2, 0.25) is 5.89 Å². The molecule has 5 heteroatoms. The summed E-state index contributed by atoms with van der Waals surface area (Å²) >= 11 is 0. The maximum absolute atomic E-state index is 6.03. The van der Waals surface area contributed by atoms with E-state index in [4.69, 9.17) is 15.2 Å². The molecule has 3 fully saturated rings. The van der Waals surface area contributed by atoms with Gasteiger partial charge in [0, 0.05) is 35.9 Å². The zero-order chi connectivity index (χ0) is 18.3. The van der Waals surface area contributed by atoms with Gasteiger partial charge >= 0.3 is 0 Å². The fourth-order valence-electron chi connectivity index (χ4n) is 4.88. The Morgan fingerprint density at radius 2 is 1.89 bits per heavy atom. The van der Waals surface area contributed by atoms with Gasteiger partial charge in [-0.25, -0.2) is 0 Å². The lowest BCUT2D eigenvalue weighted by Crippen LogP contribution is -2.45. The summed E-state index contributed by atoms with van der Waals surface area (Å²) < 4.78 is 5.70. The molecule has 144 valence electrons. The van der Waals surface area contributed by atoms with Crippen LogP contribution in [-0.4, -0.2) is 28.8 Å². The van der Waals surface area contributed by atoms with Crippen molar-refractivity contribution in [2.24, 2.45) is 5.73 Å². The van der Waals surface area contributed by atoms with Crippen LogP contribution in [0.5, 0.6) is 0 Å². The molecule has 5 nitrogen and oxygen atoms in total. The van der Waals surface area contributed by atoms with Gasteiger partial charge in [-0.05, 0) is 50.5 Å². The molecule has 27 heavy (non-hydrogen) atoms. The second kappa shape index (κ2) is 7.02. The largest absolute Gasteiger partial charge is 0.339 e. The highest BCUT2D eigenvalue weighted by molar-refractivity contribution is 5.28. The van der Waals surface area contributed by atoms with Crippen LogP contribution in [0.3, 0.4) is 0 Å². The maximum Gasteiger partial charge on any atom is 0.229 e. The van der Waals surface area contributed by atoms with E-state index in [1.807, 2.05) is 0 Å². The van der Waals surface area contributed by atoms with Crippen molar-refractivity contribution in [1.82, 2.24) is 15.5 Å². The average molecular weight is 367 g/mol. The van der Waals surface area contributed by atoms with Crippen molar-refractivity contribution in [3.63, 3.8) is 0 Å². The van der Waals surface area contributed by atoms with E-state index in [1.54, 1.807) is 0 Å². The van der Waals surface area contributed by atoms with Crippen LogP contribution in [-0.2, 0) is 5.41 Å². The molecule has 0 saturated heterocycles. The lowest BCUT2D eigenvalue weighted by molar-refractivity contribution is 0.210. The number of rotatable bonds is 6. The zero-order valence-electron chi connectivity index (χ0n) is 15.9. The third kappa shape index (κ3) is 3.43. The molecule has 2 atom stereocenters. The number of aromatic nitrogens is 2. The smallest absolute Gasteiger partial charge is 0.229 e. The Labute approximate surface area is 161 Å². The average Bonchev–Trinajstić information content (AvgIpc) is 3.28. The summed E-state index contributed by atoms with van der Waals surface area (Å²) in [7, 11) is 0. The molecule has 0 radical (unpaired) electrons. The van der Waals surface area contributed by atoms with Crippen LogP contribution in [0.15, 0.2) is 34.9 Å². The van der Waals surface area contributed by atoms with Crippen LogP contribution < -0.4 is 11.1 Å². The van der Waals surface area contributed by atoms with Crippen molar-refractivity contribution in [2.75, 3.05) is 6.54 Å². The second-order valence-electron chi connectivity index (χ2n) is 8.94. The van der Waals surface area contributed by atoms with Crippen LogP contribution in [0, 0.1) is 0 Å². The summed E-state index contributed by atoms with van der Waals surface area (Å²) in [5, 5.41) is 8.23. The Kier molecular flexibility index (Phi) is 4.52. The summed E-state index contributed by atoms with van der Waals surface area (Å²) in [6, 6.07) is 11.8. The molecule has 0 bridgehead atoms. The predicted molar refractivity (Wildman–Crippen MR) is 105 cm³/mol. The van der Waals surface area contributed by atoms with Gasteiger partial charge in [0.25, 0.3) is 0 Å². The van der Waals surface area contributed by atoms with Crippen molar-refractivity contribution >= 4 is 0 Å². The summed E-state index contributed by atoms with van der Waals surface area (Å²) in [6.07, 6.45) is 9.12. The van der Waals surface area contributed by atoms with Crippen molar-refractivity contribution in [1.29, 1.82) is 0 Å². The normalized spacial score (nSPS) is 32.0. The van der Waals surface area contributed by atoms with E-state index in [0.29, 0.717) is 23.9 Å². The van der Waals surface area contributed by atoms with Crippen LogP contribution >= 0.6 is 0 Å². The fourth-order valence-corrected chi connectivity index (χ4v) is 4.88. The second-order valence-corrected chi connectivity index (χ2v) is 8.94. The first-order valence-corrected chi connectivity index (χ1v) is 10.6. The molecule has 0 spiro atoms. The summed E-state index contributed by atoms with van der Waals surface area (Å²) in [5.74, 6) is 2.84. The summed E-state index contributed by atoms with van der Waals surface area (Å²) in [4.78, 5) is 4.87. The predicted octanol–water partition coefficient (Wildman–Crippen LogP) is 3.62. The Bertz CT molecular complexity index is 762. The minimum absolute atomic E-state index is 0.0800. The van der Waals surface area contributed by atoms with E-state index >= 15 is 0 Å². The summed E-state index contributed by atoms with van der Waals surface area (Å²) in [5.41, 5.74) is 7.57. The lowest BCUT2D eigenvalue weighted by Gasteiger charge is -2.39. The molecule has 0 unspecified atom stereocenters. The molecule has 3 saturated carbocycles. The van der Waals surface area contributed by atoms with Gasteiger partial charge in [0.15, 0.2) is 5.82 Å². The van der Waals surface area contributed by atoms with Crippen molar-refractivity contribution in [3.05, 3.63) is 47.6 Å². The Morgan fingerprint density at radius 3 is 2.59 bits per heavy atom. The van der Waals surface area contributed by atoms with E-state index < -0.39 is 0 Å². The third-order valence-corrected chi connectivity index (χ3v) is 7.07. The molecule has 0 amide bonds. The van der Waals surface area contributed by atoms with Gasteiger partial charge in [0.1, 0.15) is 0 Å². The molecule has 3 aliphatic rings. The van der Waals surface area contributed by atoms with E-state index in [0.717, 1.165) is 56.8 Å². The molecule has 1 aromatic carbocycles. The number of hydrogen-bond acceptors (Lipinski definition) is 5. The molecule has 3 N–H and O–H groups in total. The number of nitrogens with two attached hydrogens (primary N) is 1. The van der Waals surface area contributed by atoms with Crippen LogP contribution in [0.1, 0.15) is 80.5 Å². The highest BCUT2D eigenvalue weighted by Crippen LogP contribution is 2.45. The third-order valence-electron chi connectivity index (χ3n) is 7.07. The Hall–Kier alpha value is -1.72. The first kappa shape index (κ1) is 17.4. The van der Waals surface area contributed by atoms with Crippen LogP contribution in [0.2, 0.25) is 0 Å². The minimum Gasteiger partial charge on any atom is -0.339 e. The molecule has 1 heterocycles. The molecule has 0 aliphatic heterocycles. The van der Waals surface area contributed by atoms with Gasteiger partial charge in [0.05, 0.1) is 0 Å². The van der Waals surface area contributed by atoms with Gasteiger partial charge in [-0.15, -0.1) is 0 Å². The van der Waals surface area contributed by atoms with E-state index in [2.05, 4.69) is 40.8 Å². The Balaban J connectivity index is 1.21. The van der Waals surface area contributed by atoms with E-state index in [9.17, 15) is 0 Å². The van der Waals surface area contributed by atoms with Crippen molar-refractivity contribution < 1.29 is 4.52 Å². The summed E-state index contributed by atoms with van der Waals surface area (Å²) in [6.45, 7) is 0.968. The minimum atomic E-state index is 0.0800. The monoisotopic (exact) mass is 366 g/mol. The van der Waals surface area contributed by atoms with E-state index in [-0.39, 0.29) is 5.41 Å². The van der Waals surface area contributed by atoms with Gasteiger partial charge in [-0.2, -0.15) is 4.98 Å². The SMILES string of the molecule is N[C@H]1CC[C@@H](c2nc(C3(CN[C@@H]4C[C@H]4c4ccccc4)CCC3)no2)CC1. The molecule has 3 aliphatic carbocycles. The van der Waals surface area contributed by atoms with Gasteiger partial charge in [-0.3, -0.25) is 0 Å². The highest BCUT2D eigenvalue weighted by atomic mass is 16.5. The van der Waals surface area contributed by atoms with Crippen molar-refractivity contribution in [3.8, 4) is 0 Å². The quantitative estimate of drug-likeness (QED) is 0.816. The number of benzene rings is 1. The molecule has 2 aromatic rings. The zero-order valence-corrected chi connectivity index (χ0v) is 15.9. The standard InChI is InChI=1S/C22H30N4O/c23-17-9-7-16(8-10-17)20-25-21(26-27-20)22(11-4-12-22)14-24-19-13-18(19)15-5-2-1-3-6-15/h1-3,5-6,16-19,24H,4,7-14,23H2/t16-,17+,18-,19+/m0/s1. The van der Waals surface area contributed by atoms with Gasteiger partial charge < -0.3 is 15.6 Å². The lowest BCUT2D eigenvalue weighted by atomic mass is 9.68. The molecule has 5 rings (SSSR count). The molecule has 1 aromatic heterocycles. The highest BCUT2D eigenvalue weighted by Gasteiger charge is 2.46. The van der Waals surface area contributed by atoms with E-state index in [1.165, 1.54) is 18.4 Å². The number of nitrogens with one attached hydrogen (secondary N) is 1. The fraction of sp³-hybridized carbons (Fsp3) is 0.636.